The molecule has 0 heterocycles. The standard InChI is InChI=1S/C18H32N4O/c1-3-4-15-23-16-9-14-22-18(19-2)21-13-8-12-20-17-10-6-5-7-11-17/h5-7,10-11,20H,3-4,8-9,12-16H2,1-2H3,(H2,19,21,22). The maximum absolute atomic E-state index is 5.54. The quantitative estimate of drug-likeness (QED) is 0.315. The predicted molar refractivity (Wildman–Crippen MR) is 99.3 cm³/mol. The number of guanidine groups is 1. The van der Waals surface area contributed by atoms with Crippen LogP contribution in [0.1, 0.15) is 32.6 Å². The van der Waals surface area contributed by atoms with Gasteiger partial charge >= 0.3 is 0 Å². The minimum Gasteiger partial charge on any atom is -0.385 e. The minimum absolute atomic E-state index is 0.811. The van der Waals surface area contributed by atoms with Gasteiger partial charge in [0, 0.05) is 45.6 Å². The number of ether oxygens (including phenoxy) is 1. The third-order valence-corrected chi connectivity index (χ3v) is 3.37. The average Bonchev–Trinajstić information content (AvgIpc) is 2.59. The van der Waals surface area contributed by atoms with E-state index in [9.17, 15) is 0 Å². The molecule has 0 spiro atoms. The second kappa shape index (κ2) is 13.9. The molecule has 0 radical (unpaired) electrons. The molecule has 0 aliphatic heterocycles. The van der Waals surface area contributed by atoms with Gasteiger partial charge in [0.1, 0.15) is 0 Å². The van der Waals surface area contributed by atoms with Crippen molar-refractivity contribution in [2.75, 3.05) is 45.2 Å². The van der Waals surface area contributed by atoms with Gasteiger partial charge in [-0.3, -0.25) is 4.99 Å². The van der Waals surface area contributed by atoms with E-state index in [1.54, 1.807) is 7.05 Å². The smallest absolute Gasteiger partial charge is 0.190 e. The Balaban J connectivity index is 1.97. The van der Waals surface area contributed by atoms with E-state index in [0.29, 0.717) is 0 Å². The molecule has 0 saturated carbocycles. The fourth-order valence-electron chi connectivity index (χ4n) is 2.03. The third-order valence-electron chi connectivity index (χ3n) is 3.37. The highest BCUT2D eigenvalue weighted by Gasteiger charge is 1.97. The van der Waals surface area contributed by atoms with Gasteiger partial charge in [-0.2, -0.15) is 0 Å². The van der Waals surface area contributed by atoms with Crippen LogP contribution in [0.3, 0.4) is 0 Å². The Morgan fingerprint density at radius 3 is 2.35 bits per heavy atom. The van der Waals surface area contributed by atoms with Crippen LogP contribution in [-0.4, -0.2) is 45.9 Å². The van der Waals surface area contributed by atoms with Gasteiger partial charge in [0.25, 0.3) is 0 Å². The van der Waals surface area contributed by atoms with Crippen molar-refractivity contribution in [1.82, 2.24) is 10.6 Å². The zero-order valence-corrected chi connectivity index (χ0v) is 14.6. The monoisotopic (exact) mass is 320 g/mol. The molecule has 0 atom stereocenters. The summed E-state index contributed by atoms with van der Waals surface area (Å²) in [6, 6.07) is 10.3. The normalized spacial score (nSPS) is 11.3. The first kappa shape index (κ1) is 19.3. The van der Waals surface area contributed by atoms with Gasteiger partial charge in [0.2, 0.25) is 0 Å². The van der Waals surface area contributed by atoms with Gasteiger partial charge in [-0.1, -0.05) is 31.5 Å². The van der Waals surface area contributed by atoms with Crippen molar-refractivity contribution in [1.29, 1.82) is 0 Å². The van der Waals surface area contributed by atoms with Gasteiger partial charge < -0.3 is 20.7 Å². The first-order valence-electron chi connectivity index (χ1n) is 8.68. The lowest BCUT2D eigenvalue weighted by Gasteiger charge is -2.12. The molecule has 0 bridgehead atoms. The van der Waals surface area contributed by atoms with Gasteiger partial charge in [0.15, 0.2) is 5.96 Å². The van der Waals surface area contributed by atoms with Crippen LogP contribution in [0.25, 0.3) is 0 Å². The molecule has 0 aliphatic carbocycles. The van der Waals surface area contributed by atoms with Crippen LogP contribution < -0.4 is 16.0 Å². The molecule has 0 amide bonds. The van der Waals surface area contributed by atoms with E-state index in [1.807, 2.05) is 18.2 Å². The van der Waals surface area contributed by atoms with Crippen molar-refractivity contribution >= 4 is 11.6 Å². The molecule has 0 saturated heterocycles. The second-order valence-corrected chi connectivity index (χ2v) is 5.39. The molecule has 3 N–H and O–H groups in total. The number of nitrogens with zero attached hydrogens (tertiary/aromatic N) is 1. The zero-order valence-electron chi connectivity index (χ0n) is 14.6. The lowest BCUT2D eigenvalue weighted by Crippen LogP contribution is -2.38. The van der Waals surface area contributed by atoms with Gasteiger partial charge in [-0.05, 0) is 31.4 Å². The molecule has 0 aliphatic rings. The van der Waals surface area contributed by atoms with Crippen molar-refractivity contribution in [3.63, 3.8) is 0 Å². The molecule has 1 aromatic rings. The fraction of sp³-hybridized carbons (Fsp3) is 0.611. The van der Waals surface area contributed by atoms with Crippen LogP contribution in [-0.2, 0) is 4.74 Å². The summed E-state index contributed by atoms with van der Waals surface area (Å²) in [6.07, 6.45) is 4.37. The van der Waals surface area contributed by atoms with Crippen molar-refractivity contribution in [2.24, 2.45) is 4.99 Å². The summed E-state index contributed by atoms with van der Waals surface area (Å²) < 4.78 is 5.54. The van der Waals surface area contributed by atoms with Crippen LogP contribution in [0.4, 0.5) is 5.69 Å². The topological polar surface area (TPSA) is 57.7 Å². The maximum atomic E-state index is 5.54. The van der Waals surface area contributed by atoms with E-state index in [1.165, 1.54) is 6.42 Å². The first-order valence-corrected chi connectivity index (χ1v) is 8.68. The Hall–Kier alpha value is -1.75. The number of rotatable bonds is 12. The highest BCUT2D eigenvalue weighted by Crippen LogP contribution is 2.03. The SMILES string of the molecule is CCCCOCCCNC(=NC)NCCCNc1ccccc1. The van der Waals surface area contributed by atoms with E-state index in [4.69, 9.17) is 4.74 Å². The number of hydrogen-bond donors (Lipinski definition) is 3. The van der Waals surface area contributed by atoms with Gasteiger partial charge in [-0.15, -0.1) is 0 Å². The van der Waals surface area contributed by atoms with Crippen molar-refractivity contribution in [3.8, 4) is 0 Å². The molecule has 0 unspecified atom stereocenters. The summed E-state index contributed by atoms with van der Waals surface area (Å²) in [7, 11) is 1.80. The molecule has 1 rings (SSSR count). The van der Waals surface area contributed by atoms with Crippen LogP contribution in [0, 0.1) is 0 Å². The number of nitrogens with one attached hydrogen (secondary N) is 3. The number of anilines is 1. The zero-order chi connectivity index (χ0) is 16.6. The van der Waals surface area contributed by atoms with Crippen LogP contribution in [0.2, 0.25) is 0 Å². The van der Waals surface area contributed by atoms with Gasteiger partial charge in [0.05, 0.1) is 0 Å². The number of para-hydroxylation sites is 1. The lowest BCUT2D eigenvalue weighted by atomic mass is 10.3. The molecule has 23 heavy (non-hydrogen) atoms. The maximum Gasteiger partial charge on any atom is 0.190 e. The van der Waals surface area contributed by atoms with Crippen LogP contribution in [0.5, 0.6) is 0 Å². The van der Waals surface area contributed by atoms with Crippen LogP contribution in [0.15, 0.2) is 35.3 Å². The molecule has 130 valence electrons. The van der Waals surface area contributed by atoms with Crippen molar-refractivity contribution in [3.05, 3.63) is 30.3 Å². The minimum atomic E-state index is 0.811. The highest BCUT2D eigenvalue weighted by molar-refractivity contribution is 5.79. The van der Waals surface area contributed by atoms with Crippen molar-refractivity contribution in [2.45, 2.75) is 32.6 Å². The Bertz CT molecular complexity index is 409. The fourth-order valence-corrected chi connectivity index (χ4v) is 2.03. The average molecular weight is 320 g/mol. The summed E-state index contributed by atoms with van der Waals surface area (Å²) in [5.41, 5.74) is 1.16. The highest BCUT2D eigenvalue weighted by atomic mass is 16.5. The number of benzene rings is 1. The predicted octanol–water partition coefficient (Wildman–Crippen LogP) is 2.86. The molecular weight excluding hydrogens is 288 g/mol. The van der Waals surface area contributed by atoms with Crippen LogP contribution >= 0.6 is 0 Å². The largest absolute Gasteiger partial charge is 0.385 e. The van der Waals surface area contributed by atoms with E-state index in [-0.39, 0.29) is 0 Å². The van der Waals surface area contributed by atoms with Gasteiger partial charge in [-0.25, -0.2) is 0 Å². The molecular formula is C18H32N4O. The molecule has 5 nitrogen and oxygen atoms in total. The van der Waals surface area contributed by atoms with E-state index in [0.717, 1.165) is 63.8 Å². The Morgan fingerprint density at radius 1 is 0.957 bits per heavy atom. The molecule has 1 aromatic carbocycles. The van der Waals surface area contributed by atoms with E-state index < -0.39 is 0 Å². The lowest BCUT2D eigenvalue weighted by molar-refractivity contribution is 0.129. The first-order chi connectivity index (χ1) is 11.4. The number of aliphatic imine (C=N–C) groups is 1. The number of unbranched alkanes of at least 4 members (excludes halogenated alkanes) is 1. The molecule has 0 aromatic heterocycles. The molecule has 0 fully saturated rings. The Kier molecular flexibility index (Phi) is 11.6. The summed E-state index contributed by atoms with van der Waals surface area (Å²) in [5.74, 6) is 0.860. The molecule has 5 heteroatoms. The Labute approximate surface area is 140 Å². The summed E-state index contributed by atoms with van der Waals surface area (Å²) in [6.45, 7) is 6.58. The van der Waals surface area contributed by atoms with E-state index in [2.05, 4.69) is 40.0 Å². The van der Waals surface area contributed by atoms with Crippen molar-refractivity contribution < 1.29 is 4.74 Å². The number of hydrogen-bond acceptors (Lipinski definition) is 3. The summed E-state index contributed by atoms with van der Waals surface area (Å²) in [5, 5.41) is 10.0. The summed E-state index contributed by atoms with van der Waals surface area (Å²) >= 11 is 0. The second-order valence-electron chi connectivity index (χ2n) is 5.39. The van der Waals surface area contributed by atoms with E-state index >= 15 is 0 Å². The third kappa shape index (κ3) is 10.6. The Morgan fingerprint density at radius 2 is 1.65 bits per heavy atom. The summed E-state index contributed by atoms with van der Waals surface area (Å²) in [4.78, 5) is 4.22.